The quantitative estimate of drug-likeness (QED) is 0.762. The maximum Gasteiger partial charge on any atom is 0.308 e. The second-order valence-electron chi connectivity index (χ2n) is 6.74. The predicted molar refractivity (Wildman–Crippen MR) is 97.7 cm³/mol. The van der Waals surface area contributed by atoms with Crippen LogP contribution in [0.5, 0.6) is 0 Å². The lowest BCUT2D eigenvalue weighted by molar-refractivity contribution is -0.143. The lowest BCUT2D eigenvalue weighted by Gasteiger charge is -2.30. The van der Waals surface area contributed by atoms with Gasteiger partial charge in [-0.05, 0) is 44.0 Å². The van der Waals surface area contributed by atoms with Crippen molar-refractivity contribution < 1.29 is 14.7 Å². The van der Waals surface area contributed by atoms with E-state index < -0.39 is 11.9 Å². The van der Waals surface area contributed by atoms with Crippen molar-refractivity contribution in [3.8, 4) is 5.69 Å². The van der Waals surface area contributed by atoms with Crippen LogP contribution in [0, 0.1) is 12.8 Å². The van der Waals surface area contributed by atoms with Gasteiger partial charge in [-0.15, -0.1) is 5.10 Å². The van der Waals surface area contributed by atoms with Crippen LogP contribution < -0.4 is 0 Å². The normalized spacial score (nSPS) is 17.2. The van der Waals surface area contributed by atoms with Gasteiger partial charge in [0.05, 0.1) is 22.8 Å². The van der Waals surface area contributed by atoms with Gasteiger partial charge in [0.15, 0.2) is 5.69 Å². The van der Waals surface area contributed by atoms with Crippen LogP contribution in [0.2, 0.25) is 0 Å². The Morgan fingerprint density at radius 1 is 1.26 bits per heavy atom. The molecule has 3 aromatic rings. The van der Waals surface area contributed by atoms with Crippen LogP contribution in [0.15, 0.2) is 36.5 Å². The number of rotatable bonds is 3. The van der Waals surface area contributed by atoms with Gasteiger partial charge in [0.1, 0.15) is 0 Å². The van der Waals surface area contributed by atoms with Crippen molar-refractivity contribution in [1.29, 1.82) is 0 Å². The molecule has 1 amide bonds. The predicted octanol–water partition coefficient (Wildman–Crippen LogP) is 2.06. The van der Waals surface area contributed by atoms with Gasteiger partial charge in [-0.3, -0.25) is 14.6 Å². The van der Waals surface area contributed by atoms with Crippen LogP contribution in [0.1, 0.15) is 29.0 Å². The number of carboxylic acids is 1. The molecule has 27 heavy (non-hydrogen) atoms. The number of carbonyl (C=O) groups excluding carboxylic acids is 1. The van der Waals surface area contributed by atoms with E-state index in [9.17, 15) is 14.7 Å². The number of hydrogen-bond acceptors (Lipinski definition) is 5. The smallest absolute Gasteiger partial charge is 0.308 e. The van der Waals surface area contributed by atoms with Gasteiger partial charge in [-0.1, -0.05) is 11.3 Å². The topological polar surface area (TPSA) is 101 Å². The summed E-state index contributed by atoms with van der Waals surface area (Å²) in [6.45, 7) is 2.54. The number of aromatic nitrogens is 4. The van der Waals surface area contributed by atoms with Gasteiger partial charge >= 0.3 is 5.97 Å². The van der Waals surface area contributed by atoms with Crippen LogP contribution in [-0.2, 0) is 4.79 Å². The van der Waals surface area contributed by atoms with Gasteiger partial charge in [-0.25, -0.2) is 4.68 Å². The second kappa shape index (κ2) is 6.79. The molecule has 1 aromatic carbocycles. The minimum absolute atomic E-state index is 0.210. The highest BCUT2D eigenvalue weighted by Gasteiger charge is 2.31. The maximum absolute atomic E-state index is 12.9. The molecule has 0 radical (unpaired) electrons. The summed E-state index contributed by atoms with van der Waals surface area (Å²) in [6, 6.07) is 9.55. The Morgan fingerprint density at radius 3 is 2.93 bits per heavy atom. The Hall–Kier alpha value is -3.29. The Balaban J connectivity index is 1.63. The molecule has 1 aliphatic heterocycles. The minimum atomic E-state index is -0.863. The van der Waals surface area contributed by atoms with E-state index in [1.165, 1.54) is 0 Å². The molecular formula is C19H19N5O3. The maximum atomic E-state index is 12.9. The average Bonchev–Trinajstić information content (AvgIpc) is 3.08. The molecule has 0 saturated carbocycles. The van der Waals surface area contributed by atoms with E-state index in [1.807, 2.05) is 30.3 Å². The van der Waals surface area contributed by atoms with E-state index in [0.29, 0.717) is 25.1 Å². The molecule has 0 aliphatic carbocycles. The number of carbonyl (C=O) groups is 2. The van der Waals surface area contributed by atoms with E-state index >= 15 is 0 Å². The molecule has 138 valence electrons. The summed E-state index contributed by atoms with van der Waals surface area (Å²) < 4.78 is 1.62. The van der Waals surface area contributed by atoms with Gasteiger partial charge in [0.2, 0.25) is 0 Å². The molecule has 0 spiro atoms. The number of hydrogen-bond donors (Lipinski definition) is 1. The number of piperidine rings is 1. The van der Waals surface area contributed by atoms with Gasteiger partial charge in [0.25, 0.3) is 5.91 Å². The zero-order valence-corrected chi connectivity index (χ0v) is 14.9. The van der Waals surface area contributed by atoms with Gasteiger partial charge in [-0.2, -0.15) is 0 Å². The van der Waals surface area contributed by atoms with Crippen molar-refractivity contribution in [1.82, 2.24) is 24.9 Å². The van der Waals surface area contributed by atoms with Crippen LogP contribution in [0.25, 0.3) is 16.6 Å². The zero-order valence-electron chi connectivity index (χ0n) is 14.9. The molecule has 1 atom stereocenters. The van der Waals surface area contributed by atoms with E-state index in [2.05, 4.69) is 15.3 Å². The number of pyridine rings is 1. The molecule has 3 heterocycles. The first-order chi connectivity index (χ1) is 13.0. The van der Waals surface area contributed by atoms with Crippen molar-refractivity contribution in [3.63, 3.8) is 0 Å². The number of aliphatic carboxylic acids is 1. The van der Waals surface area contributed by atoms with Crippen molar-refractivity contribution in [2.45, 2.75) is 19.8 Å². The molecule has 1 saturated heterocycles. The summed E-state index contributed by atoms with van der Waals surface area (Å²) in [5.74, 6) is -1.66. The Labute approximate surface area is 155 Å². The SMILES string of the molecule is Cc1c(C(=O)N2CCCC(C(=O)O)C2)nnn1-c1ccc2ncccc2c1. The van der Waals surface area contributed by atoms with Crippen LogP contribution in [0.3, 0.4) is 0 Å². The Bertz CT molecular complexity index is 1030. The Kier molecular flexibility index (Phi) is 4.31. The van der Waals surface area contributed by atoms with Crippen molar-refractivity contribution >= 4 is 22.8 Å². The number of benzene rings is 1. The highest BCUT2D eigenvalue weighted by Crippen LogP contribution is 2.21. The van der Waals surface area contributed by atoms with Crippen molar-refractivity contribution in [2.24, 2.45) is 5.92 Å². The molecular weight excluding hydrogens is 346 g/mol. The standard InChI is InChI=1S/C19H19N5O3/c1-12-17(18(25)23-9-3-5-14(11-23)19(26)27)21-22-24(12)15-6-7-16-13(10-15)4-2-8-20-16/h2,4,6-8,10,14H,3,5,9,11H2,1H3,(H,26,27). The van der Waals surface area contributed by atoms with E-state index in [4.69, 9.17) is 0 Å². The first kappa shape index (κ1) is 17.1. The number of amides is 1. The minimum Gasteiger partial charge on any atom is -0.481 e. The third-order valence-corrected chi connectivity index (χ3v) is 4.99. The molecule has 8 heteroatoms. The van der Waals surface area contributed by atoms with Gasteiger partial charge in [0, 0.05) is 24.7 Å². The fourth-order valence-corrected chi connectivity index (χ4v) is 3.48. The lowest BCUT2D eigenvalue weighted by Crippen LogP contribution is -2.42. The number of fused-ring (bicyclic) bond motifs is 1. The van der Waals surface area contributed by atoms with Crippen LogP contribution >= 0.6 is 0 Å². The summed E-state index contributed by atoms with van der Waals surface area (Å²) in [6.07, 6.45) is 3.01. The van der Waals surface area contributed by atoms with Crippen molar-refractivity contribution in [3.05, 3.63) is 47.9 Å². The Morgan fingerprint density at radius 2 is 2.11 bits per heavy atom. The highest BCUT2D eigenvalue weighted by molar-refractivity contribution is 5.93. The fourth-order valence-electron chi connectivity index (χ4n) is 3.48. The average molecular weight is 365 g/mol. The summed E-state index contributed by atoms with van der Waals surface area (Å²) in [5, 5.41) is 18.4. The summed E-state index contributed by atoms with van der Waals surface area (Å²) >= 11 is 0. The van der Waals surface area contributed by atoms with Crippen LogP contribution in [0.4, 0.5) is 0 Å². The molecule has 2 aromatic heterocycles. The third kappa shape index (κ3) is 3.14. The third-order valence-electron chi connectivity index (χ3n) is 4.99. The molecule has 1 fully saturated rings. The van der Waals surface area contributed by atoms with Crippen LogP contribution in [-0.4, -0.2) is 55.0 Å². The van der Waals surface area contributed by atoms with Crippen molar-refractivity contribution in [2.75, 3.05) is 13.1 Å². The van der Waals surface area contributed by atoms with E-state index in [1.54, 1.807) is 22.7 Å². The largest absolute Gasteiger partial charge is 0.481 e. The number of carboxylic acid groups (broad SMARTS) is 1. The molecule has 1 aliphatic rings. The highest BCUT2D eigenvalue weighted by atomic mass is 16.4. The summed E-state index contributed by atoms with van der Waals surface area (Å²) in [5.41, 5.74) is 2.55. The summed E-state index contributed by atoms with van der Waals surface area (Å²) in [7, 11) is 0. The monoisotopic (exact) mass is 365 g/mol. The molecule has 1 unspecified atom stereocenters. The lowest BCUT2D eigenvalue weighted by atomic mass is 9.98. The second-order valence-corrected chi connectivity index (χ2v) is 6.74. The van der Waals surface area contributed by atoms with E-state index in [0.717, 1.165) is 16.6 Å². The zero-order chi connectivity index (χ0) is 19.0. The first-order valence-corrected chi connectivity index (χ1v) is 8.84. The molecule has 1 N–H and O–H groups in total. The fraction of sp³-hybridized carbons (Fsp3) is 0.316. The van der Waals surface area contributed by atoms with E-state index in [-0.39, 0.29) is 18.1 Å². The molecule has 8 nitrogen and oxygen atoms in total. The number of nitrogens with zero attached hydrogens (tertiary/aromatic N) is 5. The first-order valence-electron chi connectivity index (χ1n) is 8.84. The van der Waals surface area contributed by atoms with Gasteiger partial charge < -0.3 is 10.0 Å². The number of likely N-dealkylation sites (tertiary alicyclic amines) is 1. The summed E-state index contributed by atoms with van der Waals surface area (Å²) in [4.78, 5) is 30.0. The molecule has 4 rings (SSSR count). The molecule has 0 bridgehead atoms.